The summed E-state index contributed by atoms with van der Waals surface area (Å²) in [5.41, 5.74) is 1.13. The van der Waals surface area contributed by atoms with Crippen molar-refractivity contribution in [2.24, 2.45) is 12.0 Å². The Kier molecular flexibility index (Phi) is 10.3. The van der Waals surface area contributed by atoms with Gasteiger partial charge in [-0.05, 0) is 31.3 Å². The summed E-state index contributed by atoms with van der Waals surface area (Å²) in [5.74, 6) is 1.81. The molecule has 0 amide bonds. The minimum Gasteiger partial charge on any atom is -0.468 e. The Morgan fingerprint density at radius 1 is 1.37 bits per heavy atom. The highest BCUT2D eigenvalue weighted by Crippen LogP contribution is 2.20. The van der Waals surface area contributed by atoms with E-state index in [4.69, 9.17) is 16.0 Å². The van der Waals surface area contributed by atoms with Gasteiger partial charge < -0.3 is 19.2 Å². The molecule has 1 unspecified atom stereocenters. The third kappa shape index (κ3) is 6.43. The molecule has 1 N–H and O–H groups in total. The molecule has 152 valence electrons. The van der Waals surface area contributed by atoms with Crippen molar-refractivity contribution in [3.63, 3.8) is 0 Å². The average Bonchev–Trinajstić information content (AvgIpc) is 3.24. The molecule has 0 aliphatic carbocycles. The number of hydrogen-bond donors (Lipinski definition) is 1. The van der Waals surface area contributed by atoms with E-state index >= 15 is 0 Å². The maximum absolute atomic E-state index is 6.09. The number of rotatable bonds is 8. The Morgan fingerprint density at radius 2 is 2.07 bits per heavy atom. The predicted molar refractivity (Wildman–Crippen MR) is 123 cm³/mol. The lowest BCUT2D eigenvalue weighted by molar-refractivity contribution is 0.192. The number of hydrogen-bond acceptors (Lipinski definition) is 3. The zero-order valence-corrected chi connectivity index (χ0v) is 19.9. The van der Waals surface area contributed by atoms with Gasteiger partial charge in [0.2, 0.25) is 0 Å². The largest absolute Gasteiger partial charge is 0.468 e. The summed E-state index contributed by atoms with van der Waals surface area (Å²) in [5, 5.41) is 4.23. The van der Waals surface area contributed by atoms with E-state index in [1.807, 2.05) is 43.1 Å². The number of nitrogens with zero attached hydrogens (tertiary/aromatic N) is 4. The lowest BCUT2D eigenvalue weighted by Gasteiger charge is -2.30. The zero-order chi connectivity index (χ0) is 19.1. The Hall–Kier alpha value is -1.19. The van der Waals surface area contributed by atoms with Gasteiger partial charge in [0.25, 0.3) is 0 Å². The van der Waals surface area contributed by atoms with Gasteiger partial charge in [-0.3, -0.25) is 9.89 Å². The molecule has 2 aromatic heterocycles. The third-order valence-corrected chi connectivity index (χ3v) is 4.83. The number of aromatic nitrogens is 1. The molecule has 0 saturated heterocycles. The molecule has 6 nitrogen and oxygen atoms in total. The summed E-state index contributed by atoms with van der Waals surface area (Å²) < 4.78 is 7.70. The van der Waals surface area contributed by atoms with Crippen LogP contribution >= 0.6 is 35.6 Å². The number of likely N-dealkylation sites (N-methyl/N-ethyl adjacent to an activating group) is 1. The summed E-state index contributed by atoms with van der Waals surface area (Å²) in [7, 11) is 5.82. The second-order valence-corrected chi connectivity index (χ2v) is 6.73. The van der Waals surface area contributed by atoms with Gasteiger partial charge in [-0.1, -0.05) is 25.4 Å². The van der Waals surface area contributed by atoms with Crippen LogP contribution in [0.3, 0.4) is 0 Å². The molecule has 1 atom stereocenters. The van der Waals surface area contributed by atoms with Crippen LogP contribution in [0.25, 0.3) is 0 Å². The summed E-state index contributed by atoms with van der Waals surface area (Å²) >= 11 is 6.09. The van der Waals surface area contributed by atoms with E-state index in [2.05, 4.69) is 34.0 Å². The highest BCUT2D eigenvalue weighted by molar-refractivity contribution is 14.0. The molecule has 8 heteroatoms. The lowest BCUT2D eigenvalue weighted by atomic mass is 10.2. The van der Waals surface area contributed by atoms with Crippen LogP contribution in [-0.4, -0.2) is 54.1 Å². The second-order valence-electron chi connectivity index (χ2n) is 6.30. The molecule has 2 rings (SSSR count). The Morgan fingerprint density at radius 3 is 2.56 bits per heavy atom. The molecule has 0 aliphatic heterocycles. The van der Waals surface area contributed by atoms with Crippen molar-refractivity contribution in [2.75, 3.05) is 33.7 Å². The molecular weight excluding hydrogens is 477 g/mol. The first kappa shape index (κ1) is 23.8. The molecule has 0 bridgehead atoms. The van der Waals surface area contributed by atoms with E-state index in [1.165, 1.54) is 0 Å². The fraction of sp³-hybridized carbons (Fsp3) is 0.526. The minimum atomic E-state index is 0. The van der Waals surface area contributed by atoms with Gasteiger partial charge in [-0.2, -0.15) is 0 Å². The summed E-state index contributed by atoms with van der Waals surface area (Å²) in [6.45, 7) is 7.69. The van der Waals surface area contributed by atoms with E-state index in [0.717, 1.165) is 48.6 Å². The SMILES string of the molecule is CCN(CC)C(CNC(=NC)N(C)Cc1cc(Cl)cn1C)c1ccco1.I. The molecule has 0 saturated carbocycles. The monoisotopic (exact) mass is 507 g/mol. The van der Waals surface area contributed by atoms with Crippen molar-refractivity contribution in [1.29, 1.82) is 0 Å². The zero-order valence-electron chi connectivity index (χ0n) is 16.8. The molecule has 0 spiro atoms. The summed E-state index contributed by atoms with van der Waals surface area (Å²) in [4.78, 5) is 8.89. The van der Waals surface area contributed by atoms with Crippen LogP contribution in [-0.2, 0) is 13.6 Å². The first-order valence-corrected chi connectivity index (χ1v) is 9.37. The predicted octanol–water partition coefficient (Wildman–Crippen LogP) is 3.98. The van der Waals surface area contributed by atoms with Gasteiger partial charge in [-0.15, -0.1) is 24.0 Å². The molecule has 27 heavy (non-hydrogen) atoms. The quantitative estimate of drug-likeness (QED) is 0.334. The van der Waals surface area contributed by atoms with E-state index in [0.29, 0.717) is 0 Å². The Bertz CT molecular complexity index is 697. The van der Waals surface area contributed by atoms with Crippen LogP contribution in [0, 0.1) is 0 Å². The number of furan rings is 1. The van der Waals surface area contributed by atoms with E-state index < -0.39 is 0 Å². The normalized spacial score (nSPS) is 12.8. The van der Waals surface area contributed by atoms with Crippen molar-refractivity contribution >= 4 is 41.5 Å². The van der Waals surface area contributed by atoms with Gasteiger partial charge in [-0.25, -0.2) is 0 Å². The van der Waals surface area contributed by atoms with Crippen LogP contribution in [0.4, 0.5) is 0 Å². The Balaban J connectivity index is 0.00000364. The van der Waals surface area contributed by atoms with Crippen molar-refractivity contribution < 1.29 is 4.42 Å². The highest BCUT2D eigenvalue weighted by atomic mass is 127. The maximum atomic E-state index is 6.09. The topological polar surface area (TPSA) is 48.9 Å². The second kappa shape index (κ2) is 11.6. The summed E-state index contributed by atoms with van der Waals surface area (Å²) in [6.07, 6.45) is 3.64. The first-order valence-electron chi connectivity index (χ1n) is 9.00. The van der Waals surface area contributed by atoms with Crippen LogP contribution in [0.1, 0.15) is 31.3 Å². The van der Waals surface area contributed by atoms with E-state index in [9.17, 15) is 0 Å². The average molecular weight is 508 g/mol. The first-order chi connectivity index (χ1) is 12.5. The fourth-order valence-corrected chi connectivity index (χ4v) is 3.44. The van der Waals surface area contributed by atoms with Gasteiger partial charge in [0, 0.05) is 39.6 Å². The van der Waals surface area contributed by atoms with Crippen LogP contribution in [0.5, 0.6) is 0 Å². The van der Waals surface area contributed by atoms with Gasteiger partial charge >= 0.3 is 0 Å². The van der Waals surface area contributed by atoms with Gasteiger partial charge in [0.15, 0.2) is 5.96 Å². The molecule has 2 aromatic rings. The summed E-state index contributed by atoms with van der Waals surface area (Å²) in [6, 6.07) is 6.11. The van der Waals surface area contributed by atoms with Crippen molar-refractivity contribution in [3.8, 4) is 0 Å². The molecule has 2 heterocycles. The van der Waals surface area contributed by atoms with E-state index in [1.54, 1.807) is 13.3 Å². The standard InChI is InChI=1S/C19H30ClN5O.HI/c1-6-25(7-2)17(18-9-8-10-26-18)12-22-19(21-3)24(5)14-16-11-15(20)13-23(16)4;/h8-11,13,17H,6-7,12,14H2,1-5H3,(H,21,22);1H. The van der Waals surface area contributed by atoms with Crippen molar-refractivity contribution in [3.05, 3.63) is 47.1 Å². The molecular formula is C19H31ClIN5O. The van der Waals surface area contributed by atoms with Gasteiger partial charge in [0.1, 0.15) is 5.76 Å². The van der Waals surface area contributed by atoms with Crippen LogP contribution in [0.15, 0.2) is 40.1 Å². The van der Waals surface area contributed by atoms with Crippen LogP contribution in [0.2, 0.25) is 5.02 Å². The number of nitrogens with one attached hydrogen (secondary N) is 1. The maximum Gasteiger partial charge on any atom is 0.193 e. The van der Waals surface area contributed by atoms with Crippen molar-refractivity contribution in [1.82, 2.24) is 19.7 Å². The number of guanidine groups is 1. The lowest BCUT2D eigenvalue weighted by Crippen LogP contribution is -2.43. The van der Waals surface area contributed by atoms with E-state index in [-0.39, 0.29) is 30.0 Å². The molecule has 0 aromatic carbocycles. The smallest absolute Gasteiger partial charge is 0.193 e. The molecule has 0 radical (unpaired) electrons. The molecule has 0 aliphatic rings. The van der Waals surface area contributed by atoms with Crippen molar-refractivity contribution in [2.45, 2.75) is 26.4 Å². The fourth-order valence-electron chi connectivity index (χ4n) is 3.17. The Labute approximate surface area is 184 Å². The number of aliphatic imine (C=N–C) groups is 1. The minimum absolute atomic E-state index is 0. The van der Waals surface area contributed by atoms with Crippen LogP contribution < -0.4 is 5.32 Å². The van der Waals surface area contributed by atoms with Gasteiger partial charge in [0.05, 0.1) is 23.9 Å². The molecule has 0 fully saturated rings. The number of halogens is 2. The third-order valence-electron chi connectivity index (χ3n) is 4.63. The highest BCUT2D eigenvalue weighted by Gasteiger charge is 2.21. The number of aryl methyl sites for hydroxylation is 1.